The van der Waals surface area contributed by atoms with Crippen molar-refractivity contribution in [2.75, 3.05) is 6.54 Å². The summed E-state index contributed by atoms with van der Waals surface area (Å²) in [5, 5.41) is 9.59. The Balaban J connectivity index is 2.60. The zero-order valence-corrected chi connectivity index (χ0v) is 6.71. The molecule has 4 heteroatoms. The predicted molar refractivity (Wildman–Crippen MR) is 42.3 cm³/mol. The van der Waals surface area contributed by atoms with Crippen LogP contribution in [0.2, 0.25) is 5.22 Å². The Morgan fingerprint density at radius 3 is 2.82 bits per heavy atom. The molecule has 0 aliphatic rings. The molecule has 1 atom stereocenters. The van der Waals surface area contributed by atoms with E-state index >= 15 is 0 Å². The fraction of sp³-hybridized carbons (Fsp3) is 0.429. The molecule has 0 unspecified atom stereocenters. The molecule has 1 aromatic heterocycles. The van der Waals surface area contributed by atoms with Crippen molar-refractivity contribution in [2.45, 2.75) is 12.5 Å². The summed E-state index contributed by atoms with van der Waals surface area (Å²) in [7, 11) is 0. The van der Waals surface area contributed by atoms with Crippen molar-refractivity contribution in [1.82, 2.24) is 0 Å². The molecule has 0 amide bonds. The van der Waals surface area contributed by atoms with E-state index in [4.69, 9.17) is 21.8 Å². The Morgan fingerprint density at radius 1 is 1.64 bits per heavy atom. The van der Waals surface area contributed by atoms with Crippen LogP contribution in [0.1, 0.15) is 18.3 Å². The SMILES string of the molecule is NCC[C@H](O)c1ccc(Cl)o1. The minimum Gasteiger partial charge on any atom is -0.447 e. The Morgan fingerprint density at radius 2 is 2.36 bits per heavy atom. The van der Waals surface area contributed by atoms with E-state index in [1.165, 1.54) is 0 Å². The van der Waals surface area contributed by atoms with Gasteiger partial charge in [-0.1, -0.05) is 0 Å². The lowest BCUT2D eigenvalue weighted by atomic mass is 10.2. The third kappa shape index (κ3) is 2.22. The number of aliphatic hydroxyl groups is 1. The third-order valence-electron chi connectivity index (χ3n) is 1.36. The Labute approximate surface area is 69.8 Å². The molecule has 1 rings (SSSR count). The van der Waals surface area contributed by atoms with Gasteiger partial charge in [-0.05, 0) is 36.7 Å². The third-order valence-corrected chi connectivity index (χ3v) is 1.57. The lowest BCUT2D eigenvalue weighted by Gasteiger charge is -2.03. The second-order valence-corrected chi connectivity index (χ2v) is 2.61. The zero-order valence-electron chi connectivity index (χ0n) is 5.96. The average molecular weight is 176 g/mol. The van der Waals surface area contributed by atoms with Crippen LogP contribution in [0.5, 0.6) is 0 Å². The van der Waals surface area contributed by atoms with E-state index in [0.717, 1.165) is 0 Å². The zero-order chi connectivity index (χ0) is 8.27. The fourth-order valence-corrected chi connectivity index (χ4v) is 0.960. The number of furan rings is 1. The summed E-state index contributed by atoms with van der Waals surface area (Å²) in [4.78, 5) is 0. The summed E-state index contributed by atoms with van der Waals surface area (Å²) in [5.74, 6) is 0.473. The van der Waals surface area contributed by atoms with Crippen molar-refractivity contribution in [3.8, 4) is 0 Å². The topological polar surface area (TPSA) is 59.4 Å². The van der Waals surface area contributed by atoms with Gasteiger partial charge in [0, 0.05) is 0 Å². The number of rotatable bonds is 3. The van der Waals surface area contributed by atoms with Crippen LogP contribution < -0.4 is 5.73 Å². The van der Waals surface area contributed by atoms with Crippen molar-refractivity contribution in [3.63, 3.8) is 0 Å². The van der Waals surface area contributed by atoms with E-state index in [0.29, 0.717) is 18.7 Å². The average Bonchev–Trinajstić information content (AvgIpc) is 2.36. The maximum Gasteiger partial charge on any atom is 0.193 e. The van der Waals surface area contributed by atoms with E-state index in [2.05, 4.69) is 0 Å². The minimum atomic E-state index is -0.632. The molecule has 0 aromatic carbocycles. The van der Waals surface area contributed by atoms with Crippen LogP contribution in [0.4, 0.5) is 0 Å². The Hall–Kier alpha value is -0.510. The van der Waals surface area contributed by atoms with Gasteiger partial charge in [0.1, 0.15) is 11.9 Å². The number of aliphatic hydroxyl groups excluding tert-OH is 1. The van der Waals surface area contributed by atoms with E-state index in [9.17, 15) is 5.11 Å². The van der Waals surface area contributed by atoms with Gasteiger partial charge in [0.15, 0.2) is 5.22 Å². The van der Waals surface area contributed by atoms with Gasteiger partial charge in [-0.2, -0.15) is 0 Å². The number of hydrogen-bond acceptors (Lipinski definition) is 3. The van der Waals surface area contributed by atoms with Gasteiger partial charge < -0.3 is 15.3 Å². The first kappa shape index (κ1) is 8.59. The van der Waals surface area contributed by atoms with Gasteiger partial charge in [0.05, 0.1) is 0 Å². The molecule has 1 heterocycles. The van der Waals surface area contributed by atoms with Gasteiger partial charge in [-0.3, -0.25) is 0 Å². The highest BCUT2D eigenvalue weighted by molar-refractivity contribution is 6.28. The highest BCUT2D eigenvalue weighted by Gasteiger charge is 2.09. The molecule has 0 aliphatic carbocycles. The van der Waals surface area contributed by atoms with Crippen LogP contribution in [0, 0.1) is 0 Å². The highest BCUT2D eigenvalue weighted by atomic mass is 35.5. The normalized spacial score (nSPS) is 13.4. The first-order valence-electron chi connectivity index (χ1n) is 3.37. The smallest absolute Gasteiger partial charge is 0.193 e. The summed E-state index contributed by atoms with van der Waals surface area (Å²) in [6.07, 6.45) is -0.142. The molecule has 1 aromatic rings. The second-order valence-electron chi connectivity index (χ2n) is 2.24. The standard InChI is InChI=1S/C7H10ClNO2/c8-7-2-1-6(11-7)5(10)3-4-9/h1-2,5,10H,3-4,9H2/t5-/m0/s1. The Bertz CT molecular complexity index is 224. The van der Waals surface area contributed by atoms with E-state index in [1.807, 2.05) is 0 Å². The molecule has 0 bridgehead atoms. The van der Waals surface area contributed by atoms with Gasteiger partial charge >= 0.3 is 0 Å². The van der Waals surface area contributed by atoms with Gasteiger partial charge in [-0.25, -0.2) is 0 Å². The van der Waals surface area contributed by atoms with E-state index in [-0.39, 0.29) is 5.22 Å². The molecule has 62 valence electrons. The fourth-order valence-electron chi connectivity index (χ4n) is 0.807. The largest absolute Gasteiger partial charge is 0.447 e. The number of nitrogens with two attached hydrogens (primary N) is 1. The summed E-state index contributed by atoms with van der Waals surface area (Å²) in [6, 6.07) is 3.24. The minimum absolute atomic E-state index is 0.288. The molecular weight excluding hydrogens is 166 g/mol. The van der Waals surface area contributed by atoms with E-state index in [1.54, 1.807) is 12.1 Å². The van der Waals surface area contributed by atoms with Crippen molar-refractivity contribution in [3.05, 3.63) is 23.1 Å². The monoisotopic (exact) mass is 175 g/mol. The summed E-state index contributed by atoms with van der Waals surface area (Å²) in [5.41, 5.74) is 5.24. The molecular formula is C7H10ClNO2. The number of hydrogen-bond donors (Lipinski definition) is 2. The van der Waals surface area contributed by atoms with Crippen molar-refractivity contribution < 1.29 is 9.52 Å². The van der Waals surface area contributed by atoms with E-state index < -0.39 is 6.10 Å². The molecule has 0 spiro atoms. The lowest BCUT2D eigenvalue weighted by Crippen LogP contribution is -2.05. The first-order chi connectivity index (χ1) is 5.24. The summed E-state index contributed by atoms with van der Waals surface area (Å²) in [6.45, 7) is 0.430. The predicted octanol–water partition coefficient (Wildman–Crippen LogP) is 1.32. The van der Waals surface area contributed by atoms with Gasteiger partial charge in [0.2, 0.25) is 0 Å². The Kier molecular flexibility index (Phi) is 2.93. The molecule has 0 radical (unpaired) electrons. The van der Waals surface area contributed by atoms with Crippen LogP contribution in [0.15, 0.2) is 16.5 Å². The van der Waals surface area contributed by atoms with Crippen molar-refractivity contribution in [2.24, 2.45) is 5.73 Å². The molecule has 0 saturated carbocycles. The maximum absolute atomic E-state index is 9.30. The molecule has 11 heavy (non-hydrogen) atoms. The second kappa shape index (κ2) is 3.76. The van der Waals surface area contributed by atoms with Crippen LogP contribution in [0.3, 0.4) is 0 Å². The quantitative estimate of drug-likeness (QED) is 0.729. The van der Waals surface area contributed by atoms with Crippen molar-refractivity contribution >= 4 is 11.6 Å². The van der Waals surface area contributed by atoms with Crippen molar-refractivity contribution in [1.29, 1.82) is 0 Å². The van der Waals surface area contributed by atoms with Gasteiger partial charge in [0.25, 0.3) is 0 Å². The molecule has 0 saturated heterocycles. The molecule has 3 N–H and O–H groups in total. The summed E-state index contributed by atoms with van der Waals surface area (Å²) >= 11 is 5.50. The summed E-state index contributed by atoms with van der Waals surface area (Å²) < 4.78 is 4.96. The van der Waals surface area contributed by atoms with Gasteiger partial charge in [-0.15, -0.1) is 0 Å². The van der Waals surface area contributed by atoms with Crippen LogP contribution in [-0.2, 0) is 0 Å². The van der Waals surface area contributed by atoms with Crippen LogP contribution >= 0.6 is 11.6 Å². The first-order valence-corrected chi connectivity index (χ1v) is 3.75. The van der Waals surface area contributed by atoms with Crippen LogP contribution in [-0.4, -0.2) is 11.7 Å². The maximum atomic E-state index is 9.30. The molecule has 0 aliphatic heterocycles. The number of halogens is 1. The van der Waals surface area contributed by atoms with Crippen LogP contribution in [0.25, 0.3) is 0 Å². The highest BCUT2D eigenvalue weighted by Crippen LogP contribution is 2.21. The lowest BCUT2D eigenvalue weighted by molar-refractivity contribution is 0.143. The molecule has 3 nitrogen and oxygen atoms in total. The molecule has 0 fully saturated rings.